The van der Waals surface area contributed by atoms with Crippen LogP contribution in [0.4, 0.5) is 5.69 Å². The minimum absolute atomic E-state index is 0.0234. The van der Waals surface area contributed by atoms with Gasteiger partial charge in [-0.05, 0) is 44.9 Å². The lowest BCUT2D eigenvalue weighted by Crippen LogP contribution is -2.38. The van der Waals surface area contributed by atoms with E-state index in [0.717, 1.165) is 11.1 Å². The summed E-state index contributed by atoms with van der Waals surface area (Å²) in [7, 11) is -3.79. The second kappa shape index (κ2) is 7.77. The van der Waals surface area contributed by atoms with E-state index in [1.54, 1.807) is 13.0 Å². The Balaban J connectivity index is 2.20. The minimum Gasteiger partial charge on any atom is -0.360 e. The molecule has 1 aromatic heterocycles. The fourth-order valence-electron chi connectivity index (χ4n) is 2.90. The van der Waals surface area contributed by atoms with Gasteiger partial charge in [-0.1, -0.05) is 22.8 Å². The Kier molecular flexibility index (Phi) is 6.10. The van der Waals surface area contributed by atoms with Crippen LogP contribution in [-0.4, -0.2) is 32.6 Å². The highest BCUT2D eigenvalue weighted by atomic mass is 35.5. The predicted molar refractivity (Wildman–Crippen MR) is 100 cm³/mol. The number of benzene rings is 1. The molecule has 0 atom stereocenters. The standard InChI is InChI=1S/C17H22ClN3O4S/c1-10-8-11(2)16(15(18)9-10)21(14(5)22)7-6-19-26(23,24)17-12(3)20-25-13(17)4/h8-9,19H,6-7H2,1-5H3. The first kappa shape index (κ1) is 20.4. The van der Waals surface area contributed by atoms with Crippen LogP contribution in [0.5, 0.6) is 0 Å². The molecule has 0 radical (unpaired) electrons. The van der Waals surface area contributed by atoms with Crippen LogP contribution < -0.4 is 9.62 Å². The van der Waals surface area contributed by atoms with E-state index in [4.69, 9.17) is 16.1 Å². The van der Waals surface area contributed by atoms with Crippen LogP contribution in [0.2, 0.25) is 5.02 Å². The number of anilines is 1. The molecule has 142 valence electrons. The molecule has 1 heterocycles. The van der Waals surface area contributed by atoms with Crippen LogP contribution in [0.15, 0.2) is 21.6 Å². The van der Waals surface area contributed by atoms with Gasteiger partial charge in [-0.2, -0.15) is 0 Å². The second-order valence-electron chi connectivity index (χ2n) is 6.13. The highest BCUT2D eigenvalue weighted by Gasteiger charge is 2.25. The van der Waals surface area contributed by atoms with Crippen LogP contribution in [0.3, 0.4) is 0 Å². The largest absolute Gasteiger partial charge is 0.360 e. The van der Waals surface area contributed by atoms with E-state index in [0.29, 0.717) is 10.7 Å². The van der Waals surface area contributed by atoms with Gasteiger partial charge in [0.05, 0.1) is 10.7 Å². The van der Waals surface area contributed by atoms with Crippen molar-refractivity contribution in [3.05, 3.63) is 39.7 Å². The first-order chi connectivity index (χ1) is 12.0. The summed E-state index contributed by atoms with van der Waals surface area (Å²) in [6.07, 6.45) is 0. The molecular formula is C17H22ClN3O4S. The number of amides is 1. The molecule has 2 rings (SSSR count). The molecule has 1 N–H and O–H groups in total. The zero-order chi connectivity index (χ0) is 19.6. The van der Waals surface area contributed by atoms with Gasteiger partial charge in [0.1, 0.15) is 10.6 Å². The van der Waals surface area contributed by atoms with Crippen molar-refractivity contribution in [1.29, 1.82) is 0 Å². The first-order valence-corrected chi connectivity index (χ1v) is 9.88. The number of carbonyl (C=O) groups excluding carboxylic acids is 1. The number of nitrogens with zero attached hydrogens (tertiary/aromatic N) is 2. The van der Waals surface area contributed by atoms with Crippen molar-refractivity contribution >= 4 is 33.2 Å². The van der Waals surface area contributed by atoms with Crippen LogP contribution in [-0.2, 0) is 14.8 Å². The highest BCUT2D eigenvalue weighted by molar-refractivity contribution is 7.89. The molecule has 0 aliphatic heterocycles. The Morgan fingerprint density at radius 3 is 2.42 bits per heavy atom. The van der Waals surface area contributed by atoms with Crippen molar-refractivity contribution in [2.75, 3.05) is 18.0 Å². The van der Waals surface area contributed by atoms with Gasteiger partial charge in [0, 0.05) is 20.0 Å². The normalized spacial score (nSPS) is 11.6. The van der Waals surface area contributed by atoms with Crippen LogP contribution in [0.1, 0.15) is 29.5 Å². The lowest BCUT2D eigenvalue weighted by atomic mass is 10.1. The van der Waals surface area contributed by atoms with Crippen molar-refractivity contribution in [3.8, 4) is 0 Å². The van der Waals surface area contributed by atoms with E-state index < -0.39 is 10.0 Å². The highest BCUT2D eigenvalue weighted by Crippen LogP contribution is 2.31. The molecule has 26 heavy (non-hydrogen) atoms. The van der Waals surface area contributed by atoms with E-state index in [-0.39, 0.29) is 35.3 Å². The van der Waals surface area contributed by atoms with Gasteiger partial charge < -0.3 is 9.42 Å². The monoisotopic (exact) mass is 399 g/mol. The van der Waals surface area contributed by atoms with Gasteiger partial charge in [0.15, 0.2) is 5.76 Å². The summed E-state index contributed by atoms with van der Waals surface area (Å²) in [6.45, 7) is 8.44. The molecule has 9 heteroatoms. The number of hydrogen-bond donors (Lipinski definition) is 1. The second-order valence-corrected chi connectivity index (χ2v) is 8.24. The van der Waals surface area contributed by atoms with Gasteiger partial charge >= 0.3 is 0 Å². The molecule has 2 aromatic rings. The topological polar surface area (TPSA) is 92.5 Å². The molecular weight excluding hydrogens is 378 g/mol. The van der Waals surface area contributed by atoms with Crippen LogP contribution >= 0.6 is 11.6 Å². The smallest absolute Gasteiger partial charge is 0.246 e. The minimum atomic E-state index is -3.79. The molecule has 0 saturated heterocycles. The molecule has 0 saturated carbocycles. The summed E-state index contributed by atoms with van der Waals surface area (Å²) in [5, 5.41) is 4.11. The van der Waals surface area contributed by atoms with Gasteiger partial charge in [0.25, 0.3) is 0 Å². The van der Waals surface area contributed by atoms with E-state index in [1.807, 2.05) is 19.9 Å². The van der Waals surface area contributed by atoms with Crippen molar-refractivity contribution in [3.63, 3.8) is 0 Å². The zero-order valence-corrected chi connectivity index (χ0v) is 17.0. The van der Waals surface area contributed by atoms with Crippen LogP contribution in [0, 0.1) is 27.7 Å². The van der Waals surface area contributed by atoms with Crippen molar-refractivity contribution in [1.82, 2.24) is 9.88 Å². The Labute approximate surface area is 158 Å². The molecule has 7 nitrogen and oxygen atoms in total. The summed E-state index contributed by atoms with van der Waals surface area (Å²) in [4.78, 5) is 13.6. The summed E-state index contributed by atoms with van der Waals surface area (Å²) >= 11 is 6.31. The Morgan fingerprint density at radius 1 is 1.27 bits per heavy atom. The third-order valence-electron chi connectivity index (χ3n) is 3.91. The Morgan fingerprint density at radius 2 is 1.92 bits per heavy atom. The fraction of sp³-hybridized carbons (Fsp3) is 0.412. The lowest BCUT2D eigenvalue weighted by Gasteiger charge is -2.25. The number of hydrogen-bond acceptors (Lipinski definition) is 5. The summed E-state index contributed by atoms with van der Waals surface area (Å²) < 4.78 is 32.3. The number of sulfonamides is 1. The molecule has 0 aliphatic rings. The Hall–Kier alpha value is -1.90. The number of halogens is 1. The predicted octanol–water partition coefficient (Wildman–Crippen LogP) is 2.89. The third-order valence-corrected chi connectivity index (χ3v) is 5.91. The van der Waals surface area contributed by atoms with Crippen molar-refractivity contribution in [2.24, 2.45) is 0 Å². The number of nitrogens with one attached hydrogen (secondary N) is 1. The van der Waals surface area contributed by atoms with Crippen molar-refractivity contribution < 1.29 is 17.7 Å². The van der Waals surface area contributed by atoms with E-state index in [1.165, 1.54) is 18.7 Å². The van der Waals surface area contributed by atoms with Gasteiger partial charge in [-0.25, -0.2) is 13.1 Å². The number of aromatic nitrogens is 1. The maximum absolute atomic E-state index is 12.5. The number of rotatable bonds is 6. The quantitative estimate of drug-likeness (QED) is 0.806. The van der Waals surface area contributed by atoms with Crippen LogP contribution in [0.25, 0.3) is 0 Å². The average Bonchev–Trinajstić information content (AvgIpc) is 2.84. The third kappa shape index (κ3) is 4.25. The first-order valence-electron chi connectivity index (χ1n) is 8.02. The van der Waals surface area contributed by atoms with E-state index in [9.17, 15) is 13.2 Å². The summed E-state index contributed by atoms with van der Waals surface area (Å²) in [5.74, 6) is -0.00811. The molecule has 0 bridgehead atoms. The van der Waals surface area contributed by atoms with Gasteiger partial charge in [0.2, 0.25) is 15.9 Å². The molecule has 0 fully saturated rings. The summed E-state index contributed by atoms with van der Waals surface area (Å²) in [6, 6.07) is 3.69. The maximum Gasteiger partial charge on any atom is 0.246 e. The fourth-order valence-corrected chi connectivity index (χ4v) is 4.67. The molecule has 1 amide bonds. The van der Waals surface area contributed by atoms with E-state index in [2.05, 4.69) is 9.88 Å². The molecule has 0 unspecified atom stereocenters. The van der Waals surface area contributed by atoms with Crippen molar-refractivity contribution in [2.45, 2.75) is 39.5 Å². The number of carbonyl (C=O) groups is 1. The average molecular weight is 400 g/mol. The SMILES string of the molecule is CC(=O)N(CCNS(=O)(=O)c1c(C)noc1C)c1c(C)cc(C)cc1Cl. The van der Waals surface area contributed by atoms with E-state index >= 15 is 0 Å². The molecule has 1 aromatic carbocycles. The summed E-state index contributed by atoms with van der Waals surface area (Å²) in [5.41, 5.74) is 2.70. The maximum atomic E-state index is 12.5. The molecule has 0 spiro atoms. The molecule has 0 aliphatic carbocycles. The van der Waals surface area contributed by atoms with Gasteiger partial charge in [-0.3, -0.25) is 4.79 Å². The zero-order valence-electron chi connectivity index (χ0n) is 15.4. The lowest BCUT2D eigenvalue weighted by molar-refractivity contribution is -0.116. The van der Waals surface area contributed by atoms with Gasteiger partial charge in [-0.15, -0.1) is 0 Å². The Bertz CT molecular complexity index is 895. The number of aryl methyl sites for hydroxylation is 4.